The summed E-state index contributed by atoms with van der Waals surface area (Å²) in [6.07, 6.45) is -4.44. The molecule has 1 aliphatic rings. The summed E-state index contributed by atoms with van der Waals surface area (Å²) in [7, 11) is 0. The molecule has 20 heavy (non-hydrogen) atoms. The Morgan fingerprint density at radius 3 is 2.40 bits per heavy atom. The van der Waals surface area contributed by atoms with E-state index in [9.17, 15) is 13.2 Å². The first kappa shape index (κ1) is 15.0. The van der Waals surface area contributed by atoms with Gasteiger partial charge in [-0.2, -0.15) is 13.2 Å². The van der Waals surface area contributed by atoms with Crippen LogP contribution in [-0.4, -0.2) is 40.3 Å². The highest BCUT2D eigenvalue weighted by molar-refractivity contribution is 5.35. The van der Waals surface area contributed by atoms with Gasteiger partial charge < -0.3 is 5.32 Å². The van der Waals surface area contributed by atoms with Crippen molar-refractivity contribution in [1.29, 1.82) is 0 Å². The number of hydrogen-bond acceptors (Lipinski definition) is 4. The predicted molar refractivity (Wildman–Crippen MR) is 70.3 cm³/mol. The number of nitrogens with one attached hydrogen (secondary N) is 1. The zero-order valence-electron chi connectivity index (χ0n) is 11.8. The van der Waals surface area contributed by atoms with Gasteiger partial charge in [0.1, 0.15) is 5.82 Å². The molecule has 1 N–H and O–H groups in total. The molecule has 1 saturated heterocycles. The van der Waals surface area contributed by atoms with Gasteiger partial charge >= 0.3 is 6.18 Å². The van der Waals surface area contributed by atoms with Gasteiger partial charge in [0.2, 0.25) is 0 Å². The molecule has 0 amide bonds. The fourth-order valence-electron chi connectivity index (χ4n) is 2.36. The molecule has 0 bridgehead atoms. The maximum atomic E-state index is 12.4. The van der Waals surface area contributed by atoms with Gasteiger partial charge in [-0.25, -0.2) is 0 Å². The molecule has 0 saturated carbocycles. The lowest BCUT2D eigenvalue weighted by molar-refractivity contribution is -0.141. The number of anilines is 1. The van der Waals surface area contributed by atoms with Gasteiger partial charge in [-0.05, 0) is 31.9 Å². The van der Waals surface area contributed by atoms with E-state index >= 15 is 0 Å². The first-order chi connectivity index (χ1) is 9.27. The Balaban J connectivity index is 2.00. The van der Waals surface area contributed by atoms with Crippen LogP contribution >= 0.6 is 0 Å². The highest BCUT2D eigenvalue weighted by Crippen LogP contribution is 2.27. The number of alkyl halides is 3. The van der Waals surface area contributed by atoms with Gasteiger partial charge in [-0.1, -0.05) is 6.92 Å². The normalized spacial score (nSPS) is 24.4. The van der Waals surface area contributed by atoms with Crippen molar-refractivity contribution < 1.29 is 13.2 Å². The van der Waals surface area contributed by atoms with E-state index in [2.05, 4.69) is 41.2 Å². The van der Waals surface area contributed by atoms with Gasteiger partial charge in [-0.3, -0.25) is 4.90 Å². The third-order valence-corrected chi connectivity index (χ3v) is 3.66. The number of hydrogen-bond donors (Lipinski definition) is 1. The molecule has 1 aliphatic heterocycles. The zero-order valence-corrected chi connectivity index (χ0v) is 11.8. The topological polar surface area (TPSA) is 41.0 Å². The van der Waals surface area contributed by atoms with Gasteiger partial charge in [0.05, 0.1) is 0 Å². The van der Waals surface area contributed by atoms with Gasteiger partial charge in [0, 0.05) is 25.2 Å². The summed E-state index contributed by atoms with van der Waals surface area (Å²) in [4.78, 5) is 2.33. The van der Waals surface area contributed by atoms with Crippen molar-refractivity contribution in [3.05, 3.63) is 17.8 Å². The largest absolute Gasteiger partial charge is 0.435 e. The minimum absolute atomic E-state index is 0.184. The minimum atomic E-state index is -4.44. The van der Waals surface area contributed by atoms with Crippen molar-refractivity contribution in [2.24, 2.45) is 5.92 Å². The van der Waals surface area contributed by atoms with Crippen LogP contribution in [0.3, 0.4) is 0 Å². The maximum Gasteiger partial charge on any atom is 0.435 e. The summed E-state index contributed by atoms with van der Waals surface area (Å²) in [5.41, 5.74) is -0.966. The van der Waals surface area contributed by atoms with Crippen molar-refractivity contribution in [1.82, 2.24) is 15.1 Å². The number of halogens is 3. The van der Waals surface area contributed by atoms with E-state index in [0.29, 0.717) is 17.8 Å². The standard InChI is InChI=1S/C13H19F3N4/c1-8(2)20-6-9(3)10(7-20)17-12-5-4-11(18-19-12)13(14,15)16/h4-5,8-10H,6-7H2,1-3H3,(H,17,19). The molecule has 0 spiro atoms. The van der Waals surface area contributed by atoms with Crippen LogP contribution in [0.4, 0.5) is 19.0 Å². The summed E-state index contributed by atoms with van der Waals surface area (Å²) in [6, 6.07) is 2.93. The summed E-state index contributed by atoms with van der Waals surface area (Å²) >= 11 is 0. The average Bonchev–Trinajstić information content (AvgIpc) is 2.71. The Labute approximate surface area is 116 Å². The van der Waals surface area contributed by atoms with Crippen LogP contribution in [0.25, 0.3) is 0 Å². The predicted octanol–water partition coefficient (Wildman–Crippen LogP) is 2.64. The van der Waals surface area contributed by atoms with Crippen molar-refractivity contribution >= 4 is 5.82 Å². The van der Waals surface area contributed by atoms with Crippen LogP contribution in [0.2, 0.25) is 0 Å². The molecule has 112 valence electrons. The Hall–Kier alpha value is -1.37. The molecular weight excluding hydrogens is 269 g/mol. The fraction of sp³-hybridized carbons (Fsp3) is 0.692. The molecule has 0 radical (unpaired) electrons. The molecule has 1 aromatic heterocycles. The molecule has 0 aliphatic carbocycles. The molecule has 1 fully saturated rings. The average molecular weight is 288 g/mol. The second-order valence-electron chi connectivity index (χ2n) is 5.58. The van der Waals surface area contributed by atoms with Crippen molar-refractivity contribution in [2.75, 3.05) is 18.4 Å². The first-order valence-corrected chi connectivity index (χ1v) is 6.69. The van der Waals surface area contributed by atoms with Crippen LogP contribution in [0, 0.1) is 5.92 Å². The third kappa shape index (κ3) is 3.39. The fourth-order valence-corrected chi connectivity index (χ4v) is 2.36. The molecule has 4 nitrogen and oxygen atoms in total. The maximum absolute atomic E-state index is 12.4. The van der Waals surface area contributed by atoms with E-state index in [1.807, 2.05) is 0 Å². The minimum Gasteiger partial charge on any atom is -0.364 e. The Bertz CT molecular complexity index is 444. The quantitative estimate of drug-likeness (QED) is 0.928. The molecule has 2 unspecified atom stereocenters. The second-order valence-corrected chi connectivity index (χ2v) is 5.58. The molecular formula is C13H19F3N4. The molecule has 1 aromatic rings. The van der Waals surface area contributed by atoms with Crippen molar-refractivity contribution in [3.63, 3.8) is 0 Å². The first-order valence-electron chi connectivity index (χ1n) is 6.69. The van der Waals surface area contributed by atoms with Crippen LogP contribution in [-0.2, 0) is 6.18 Å². The lowest BCUT2D eigenvalue weighted by Crippen LogP contribution is -2.31. The van der Waals surface area contributed by atoms with Crippen LogP contribution in [0.1, 0.15) is 26.5 Å². The highest BCUT2D eigenvalue weighted by atomic mass is 19.4. The van der Waals surface area contributed by atoms with E-state index in [4.69, 9.17) is 0 Å². The monoisotopic (exact) mass is 288 g/mol. The lowest BCUT2D eigenvalue weighted by atomic mass is 10.1. The molecule has 7 heteroatoms. The third-order valence-electron chi connectivity index (χ3n) is 3.66. The molecule has 2 heterocycles. The smallest absolute Gasteiger partial charge is 0.364 e. The van der Waals surface area contributed by atoms with Crippen LogP contribution < -0.4 is 5.32 Å². The van der Waals surface area contributed by atoms with Gasteiger partial charge in [0.15, 0.2) is 5.69 Å². The number of aromatic nitrogens is 2. The summed E-state index contributed by atoms with van der Waals surface area (Å²) in [5, 5.41) is 10.0. The van der Waals surface area contributed by atoms with E-state index in [1.165, 1.54) is 6.07 Å². The van der Waals surface area contributed by atoms with Gasteiger partial charge in [0.25, 0.3) is 0 Å². The van der Waals surface area contributed by atoms with E-state index in [-0.39, 0.29) is 6.04 Å². The number of nitrogens with zero attached hydrogens (tertiary/aromatic N) is 3. The summed E-state index contributed by atoms with van der Waals surface area (Å²) in [6.45, 7) is 8.22. The van der Waals surface area contributed by atoms with E-state index < -0.39 is 11.9 Å². The van der Waals surface area contributed by atoms with Crippen LogP contribution in [0.15, 0.2) is 12.1 Å². The Morgan fingerprint density at radius 2 is 1.95 bits per heavy atom. The highest BCUT2D eigenvalue weighted by Gasteiger charge is 2.34. The second kappa shape index (κ2) is 5.55. The van der Waals surface area contributed by atoms with E-state index in [1.54, 1.807) is 0 Å². The summed E-state index contributed by atoms with van der Waals surface area (Å²) < 4.78 is 37.2. The van der Waals surface area contributed by atoms with Crippen LogP contribution in [0.5, 0.6) is 0 Å². The Morgan fingerprint density at radius 1 is 1.25 bits per heavy atom. The molecule has 2 rings (SSSR count). The van der Waals surface area contributed by atoms with E-state index in [0.717, 1.165) is 19.2 Å². The SMILES string of the molecule is CC1CN(C(C)C)CC1Nc1ccc(C(F)(F)F)nn1. The lowest BCUT2D eigenvalue weighted by Gasteiger charge is -2.20. The molecule has 2 atom stereocenters. The zero-order chi connectivity index (χ0) is 14.9. The van der Waals surface area contributed by atoms with Gasteiger partial charge in [-0.15, -0.1) is 10.2 Å². The summed E-state index contributed by atoms with van der Waals surface area (Å²) in [5.74, 6) is 0.807. The molecule has 0 aromatic carbocycles. The van der Waals surface area contributed by atoms with Crippen molar-refractivity contribution in [2.45, 2.75) is 39.0 Å². The number of rotatable bonds is 3. The van der Waals surface area contributed by atoms with Crippen molar-refractivity contribution in [3.8, 4) is 0 Å². The Kier molecular flexibility index (Phi) is 4.17. The number of likely N-dealkylation sites (tertiary alicyclic amines) is 1.